The minimum atomic E-state index is -2.95. The monoisotopic (exact) mass is 434 g/mol. The summed E-state index contributed by atoms with van der Waals surface area (Å²) in [7, 11) is 0. The summed E-state index contributed by atoms with van der Waals surface area (Å²) in [4.78, 5) is 29.0. The molecule has 1 saturated carbocycles. The highest BCUT2D eigenvalue weighted by atomic mass is 19.3. The number of primary amides is 1. The minimum Gasteiger partial charge on any atom is -0.397 e. The molecule has 0 atom stereocenters. The summed E-state index contributed by atoms with van der Waals surface area (Å²) in [6, 6.07) is 4.86. The number of ether oxygens (including phenoxy) is 1. The molecule has 31 heavy (non-hydrogen) atoms. The van der Waals surface area contributed by atoms with Gasteiger partial charge in [-0.05, 0) is 42.9 Å². The highest BCUT2D eigenvalue weighted by Crippen LogP contribution is 2.37. The van der Waals surface area contributed by atoms with Crippen LogP contribution in [-0.2, 0) is 9.53 Å². The second-order valence-electron chi connectivity index (χ2n) is 8.76. The van der Waals surface area contributed by atoms with E-state index in [1.165, 1.54) is 0 Å². The van der Waals surface area contributed by atoms with Crippen molar-refractivity contribution in [3.05, 3.63) is 35.0 Å². The lowest BCUT2D eigenvalue weighted by Gasteiger charge is -2.31. The number of rotatable bonds is 5. The summed E-state index contributed by atoms with van der Waals surface area (Å²) in [6.07, 6.45) is -0.962. The Labute approximate surface area is 179 Å². The van der Waals surface area contributed by atoms with Crippen LogP contribution in [0.25, 0.3) is 0 Å². The Bertz CT molecular complexity index is 935. The number of hydrogen-bond donors (Lipinski definition) is 3. The van der Waals surface area contributed by atoms with Gasteiger partial charge in [-0.2, -0.15) is 0 Å². The minimum absolute atomic E-state index is 0.106. The topological polar surface area (TPSA) is 120 Å². The van der Waals surface area contributed by atoms with Crippen LogP contribution in [0.1, 0.15) is 49.9 Å². The quantitative estimate of drug-likeness (QED) is 0.614. The van der Waals surface area contributed by atoms with E-state index in [0.717, 1.165) is 12.8 Å². The number of carbonyl (C=O) groups excluding carboxylic acids is 2. The van der Waals surface area contributed by atoms with Crippen molar-refractivity contribution in [2.24, 2.45) is 21.9 Å². The predicted octanol–water partition coefficient (Wildman–Crippen LogP) is 3.32. The molecule has 1 heterocycles. The zero-order chi connectivity index (χ0) is 22.8. The first kappa shape index (κ1) is 22.9. The average Bonchev–Trinajstić information content (AvgIpc) is 2.67. The largest absolute Gasteiger partial charge is 0.397 e. The van der Waals surface area contributed by atoms with Crippen LogP contribution in [-0.4, -0.2) is 43.1 Å². The Kier molecular flexibility index (Phi) is 6.74. The Balaban J connectivity index is 2.03. The van der Waals surface area contributed by atoms with E-state index in [1.807, 2.05) is 13.8 Å². The van der Waals surface area contributed by atoms with Crippen molar-refractivity contribution < 1.29 is 23.1 Å². The van der Waals surface area contributed by atoms with Crippen LogP contribution in [0.3, 0.4) is 0 Å². The SMILES string of the molecule is CC1(C)CC(=O)C(=C(N)C(F)F)C(=Nc2ccc(C(N)=O)c(NC3CCOCC3)c2)C1. The van der Waals surface area contributed by atoms with Crippen molar-refractivity contribution in [3.63, 3.8) is 0 Å². The van der Waals surface area contributed by atoms with Gasteiger partial charge in [-0.3, -0.25) is 14.6 Å². The van der Waals surface area contributed by atoms with Crippen LogP contribution in [0.4, 0.5) is 20.2 Å². The molecule has 0 bridgehead atoms. The summed E-state index contributed by atoms with van der Waals surface area (Å²) in [5, 5.41) is 3.31. The number of Topliss-reactive ketones (excluding diaryl/α,β-unsaturated/α-hetero) is 1. The molecule has 5 N–H and O–H groups in total. The van der Waals surface area contributed by atoms with Gasteiger partial charge >= 0.3 is 0 Å². The molecular formula is C22H28F2N4O3. The first-order valence-electron chi connectivity index (χ1n) is 10.2. The first-order chi connectivity index (χ1) is 14.6. The zero-order valence-corrected chi connectivity index (χ0v) is 17.7. The lowest BCUT2D eigenvalue weighted by atomic mass is 9.73. The smallest absolute Gasteiger partial charge is 0.278 e. The second-order valence-corrected chi connectivity index (χ2v) is 8.76. The van der Waals surface area contributed by atoms with E-state index in [9.17, 15) is 18.4 Å². The van der Waals surface area contributed by atoms with Gasteiger partial charge in [0, 0.05) is 31.4 Å². The molecule has 1 amide bonds. The van der Waals surface area contributed by atoms with Gasteiger partial charge in [-0.25, -0.2) is 8.78 Å². The van der Waals surface area contributed by atoms with Gasteiger partial charge in [-0.15, -0.1) is 0 Å². The summed E-state index contributed by atoms with van der Waals surface area (Å²) < 4.78 is 31.9. The Hall–Kier alpha value is -2.81. The van der Waals surface area contributed by atoms with Crippen LogP contribution in [0.5, 0.6) is 0 Å². The van der Waals surface area contributed by atoms with E-state index < -0.39 is 29.2 Å². The fourth-order valence-electron chi connectivity index (χ4n) is 3.97. The number of allylic oxidation sites excluding steroid dienone is 2. The third-order valence-corrected chi connectivity index (χ3v) is 5.49. The number of aliphatic imine (C=N–C) groups is 1. The van der Waals surface area contributed by atoms with Crippen LogP contribution in [0.15, 0.2) is 34.5 Å². The van der Waals surface area contributed by atoms with Crippen molar-refractivity contribution >= 4 is 28.8 Å². The van der Waals surface area contributed by atoms with Gasteiger partial charge in [0.1, 0.15) is 0 Å². The van der Waals surface area contributed by atoms with E-state index in [1.54, 1.807) is 18.2 Å². The molecule has 0 unspecified atom stereocenters. The van der Waals surface area contributed by atoms with Gasteiger partial charge in [0.25, 0.3) is 12.3 Å². The number of anilines is 1. The number of halogens is 2. The number of ketones is 1. The normalized spacial score (nSPS) is 22.6. The van der Waals surface area contributed by atoms with Crippen molar-refractivity contribution in [1.82, 2.24) is 0 Å². The molecule has 1 aromatic carbocycles. The van der Waals surface area contributed by atoms with Crippen molar-refractivity contribution in [1.29, 1.82) is 0 Å². The van der Waals surface area contributed by atoms with E-state index in [0.29, 0.717) is 36.6 Å². The number of benzene rings is 1. The molecule has 0 aromatic heterocycles. The lowest BCUT2D eigenvalue weighted by molar-refractivity contribution is -0.117. The molecule has 2 fully saturated rings. The fourth-order valence-corrected chi connectivity index (χ4v) is 3.97. The maximum Gasteiger partial charge on any atom is 0.278 e. The van der Waals surface area contributed by atoms with Crippen LogP contribution < -0.4 is 16.8 Å². The number of nitrogens with zero attached hydrogens (tertiary/aromatic N) is 1. The van der Waals surface area contributed by atoms with E-state index in [4.69, 9.17) is 16.2 Å². The van der Waals surface area contributed by atoms with Gasteiger partial charge in [0.2, 0.25) is 0 Å². The van der Waals surface area contributed by atoms with E-state index >= 15 is 0 Å². The van der Waals surface area contributed by atoms with Crippen LogP contribution in [0, 0.1) is 5.41 Å². The molecular weight excluding hydrogens is 406 g/mol. The predicted molar refractivity (Wildman–Crippen MR) is 115 cm³/mol. The first-order valence-corrected chi connectivity index (χ1v) is 10.2. The maximum absolute atomic E-state index is 13.3. The molecule has 168 valence electrons. The zero-order valence-electron chi connectivity index (χ0n) is 17.7. The standard InChI is InChI=1S/C22H28F2N4O3/c1-22(2)10-16(18(17(29)11-22)19(25)20(23)24)28-13-3-4-14(21(26)30)15(9-13)27-12-5-7-31-8-6-12/h3-4,9,12,20,27H,5-8,10-11,25H2,1-2H3,(H2,26,30). The van der Waals surface area contributed by atoms with Crippen molar-refractivity contribution in [2.45, 2.75) is 52.0 Å². The van der Waals surface area contributed by atoms with Crippen LogP contribution >= 0.6 is 0 Å². The van der Waals surface area contributed by atoms with Crippen molar-refractivity contribution in [2.75, 3.05) is 18.5 Å². The lowest BCUT2D eigenvalue weighted by Crippen LogP contribution is -2.34. The Morgan fingerprint density at radius 3 is 2.52 bits per heavy atom. The molecule has 3 rings (SSSR count). The van der Waals surface area contributed by atoms with E-state index in [2.05, 4.69) is 10.3 Å². The molecule has 1 aliphatic heterocycles. The van der Waals surface area contributed by atoms with E-state index in [-0.39, 0.29) is 23.7 Å². The molecule has 1 saturated heterocycles. The second kappa shape index (κ2) is 9.13. The number of amides is 1. The highest BCUT2D eigenvalue weighted by molar-refractivity contribution is 6.25. The molecule has 0 spiro atoms. The van der Waals surface area contributed by atoms with Gasteiger partial charge in [0.05, 0.1) is 28.2 Å². The summed E-state index contributed by atoms with van der Waals surface area (Å²) in [5.74, 6) is -1.03. The summed E-state index contributed by atoms with van der Waals surface area (Å²) in [6.45, 7) is 4.99. The fraction of sp³-hybridized carbons (Fsp3) is 0.500. The van der Waals surface area contributed by atoms with Crippen molar-refractivity contribution in [3.8, 4) is 0 Å². The summed E-state index contributed by atoms with van der Waals surface area (Å²) >= 11 is 0. The number of alkyl halides is 2. The van der Waals surface area contributed by atoms with Gasteiger partial charge < -0.3 is 21.5 Å². The molecule has 9 heteroatoms. The third-order valence-electron chi connectivity index (χ3n) is 5.49. The molecule has 7 nitrogen and oxygen atoms in total. The molecule has 0 radical (unpaired) electrons. The molecule has 2 aliphatic rings. The Morgan fingerprint density at radius 2 is 1.90 bits per heavy atom. The average molecular weight is 434 g/mol. The Morgan fingerprint density at radius 1 is 1.23 bits per heavy atom. The number of carbonyl (C=O) groups is 2. The number of nitrogens with one attached hydrogen (secondary N) is 1. The van der Waals surface area contributed by atoms with Gasteiger partial charge in [0.15, 0.2) is 5.78 Å². The number of hydrogen-bond acceptors (Lipinski definition) is 6. The van der Waals surface area contributed by atoms with Crippen LogP contribution in [0.2, 0.25) is 0 Å². The summed E-state index contributed by atoms with van der Waals surface area (Å²) in [5.41, 5.74) is 11.2. The third kappa shape index (κ3) is 5.46. The van der Waals surface area contributed by atoms with Gasteiger partial charge in [-0.1, -0.05) is 13.8 Å². The molecule has 1 aliphatic carbocycles. The highest BCUT2D eigenvalue weighted by Gasteiger charge is 2.37. The number of nitrogens with two attached hydrogens (primary N) is 2. The maximum atomic E-state index is 13.3. The molecule has 1 aromatic rings.